The van der Waals surface area contributed by atoms with Crippen LogP contribution in [0.25, 0.3) is 22.2 Å². The first-order valence-corrected chi connectivity index (χ1v) is 11.0. The number of nitrogens with zero attached hydrogens (tertiary/aromatic N) is 3. The summed E-state index contributed by atoms with van der Waals surface area (Å²) >= 11 is 6.37. The zero-order valence-electron chi connectivity index (χ0n) is 19.0. The van der Waals surface area contributed by atoms with Crippen LogP contribution in [0.5, 0.6) is 0 Å². The highest BCUT2D eigenvalue weighted by molar-refractivity contribution is 6.33. The third kappa shape index (κ3) is 4.96. The van der Waals surface area contributed by atoms with Gasteiger partial charge in [0.2, 0.25) is 5.95 Å². The molecule has 0 saturated carbocycles. The van der Waals surface area contributed by atoms with Crippen molar-refractivity contribution in [2.45, 2.75) is 13.1 Å². The summed E-state index contributed by atoms with van der Waals surface area (Å²) in [6.07, 6.45) is -3.07. The molecule has 12 heteroatoms. The summed E-state index contributed by atoms with van der Waals surface area (Å²) in [5.41, 5.74) is -0.808. The molecule has 0 aliphatic heterocycles. The van der Waals surface area contributed by atoms with Crippen molar-refractivity contribution in [2.24, 2.45) is 0 Å². The maximum absolute atomic E-state index is 13.2. The number of benzene rings is 2. The molecule has 0 atom stereocenters. The summed E-state index contributed by atoms with van der Waals surface area (Å²) in [6.45, 7) is 2.45. The van der Waals surface area contributed by atoms with Gasteiger partial charge in [0, 0.05) is 40.0 Å². The van der Waals surface area contributed by atoms with E-state index in [1.165, 1.54) is 37.6 Å². The second kappa shape index (κ2) is 9.86. The second-order valence-electron chi connectivity index (χ2n) is 7.57. The predicted octanol–water partition coefficient (Wildman–Crippen LogP) is 4.87. The Labute approximate surface area is 207 Å². The Morgan fingerprint density at radius 1 is 1.14 bits per heavy atom. The van der Waals surface area contributed by atoms with Gasteiger partial charge < -0.3 is 15.5 Å². The van der Waals surface area contributed by atoms with E-state index < -0.39 is 23.2 Å². The third-order valence-electron chi connectivity index (χ3n) is 5.19. The van der Waals surface area contributed by atoms with Crippen LogP contribution in [-0.2, 0) is 6.18 Å². The van der Waals surface area contributed by atoms with E-state index in [4.69, 9.17) is 16.4 Å². The number of amides is 1. The minimum atomic E-state index is -4.59. The van der Waals surface area contributed by atoms with Crippen molar-refractivity contribution in [3.63, 3.8) is 0 Å². The van der Waals surface area contributed by atoms with E-state index in [1.54, 1.807) is 6.07 Å². The topological polar surface area (TPSA) is 98.1 Å². The number of hydrogen-bond acceptors (Lipinski definition) is 6. The molecule has 4 rings (SSSR count). The summed E-state index contributed by atoms with van der Waals surface area (Å²) < 4.78 is 40.0. The van der Waals surface area contributed by atoms with Crippen molar-refractivity contribution in [1.82, 2.24) is 14.7 Å². The van der Waals surface area contributed by atoms with Gasteiger partial charge in [-0.25, -0.2) is 4.98 Å². The highest BCUT2D eigenvalue weighted by Crippen LogP contribution is 2.32. The van der Waals surface area contributed by atoms with E-state index in [0.717, 1.165) is 22.9 Å². The van der Waals surface area contributed by atoms with Gasteiger partial charge in [-0.15, -0.1) is 4.73 Å². The summed E-state index contributed by atoms with van der Waals surface area (Å²) in [4.78, 5) is 39.7. The molecule has 0 aliphatic carbocycles. The van der Waals surface area contributed by atoms with E-state index in [9.17, 15) is 22.8 Å². The molecule has 2 N–H and O–H groups in total. The smallest absolute Gasteiger partial charge is 0.412 e. The molecule has 36 heavy (non-hydrogen) atoms. The van der Waals surface area contributed by atoms with E-state index in [-0.39, 0.29) is 33.0 Å². The van der Waals surface area contributed by atoms with Crippen LogP contribution in [0.2, 0.25) is 5.02 Å². The Hall–Kier alpha value is -4.12. The van der Waals surface area contributed by atoms with Crippen molar-refractivity contribution >= 4 is 40.2 Å². The molecule has 0 unspecified atom stereocenters. The minimum Gasteiger partial charge on any atom is -0.412 e. The Kier molecular flexibility index (Phi) is 6.84. The predicted molar refractivity (Wildman–Crippen MR) is 130 cm³/mol. The fraction of sp³-hybridized carbons (Fsp3) is 0.167. The highest BCUT2D eigenvalue weighted by Gasteiger charge is 2.31. The van der Waals surface area contributed by atoms with Crippen LogP contribution in [0.3, 0.4) is 0 Å². The summed E-state index contributed by atoms with van der Waals surface area (Å²) in [7, 11) is 1.31. The number of carbonyl (C=O) groups excluding carboxylic acids is 1. The van der Waals surface area contributed by atoms with E-state index in [1.807, 2.05) is 6.92 Å². The number of aromatic nitrogens is 3. The Balaban J connectivity index is 1.74. The molecule has 0 spiro atoms. The maximum atomic E-state index is 13.2. The van der Waals surface area contributed by atoms with Gasteiger partial charge in [0.05, 0.1) is 11.1 Å². The lowest BCUT2D eigenvalue weighted by atomic mass is 10.0. The molecule has 2 aromatic carbocycles. The van der Waals surface area contributed by atoms with Crippen molar-refractivity contribution in [3.8, 4) is 11.1 Å². The van der Waals surface area contributed by atoms with Gasteiger partial charge in [-0.1, -0.05) is 17.7 Å². The first-order chi connectivity index (χ1) is 17.1. The Bertz CT molecular complexity index is 1520. The van der Waals surface area contributed by atoms with Crippen molar-refractivity contribution in [3.05, 3.63) is 81.2 Å². The van der Waals surface area contributed by atoms with Crippen LogP contribution in [0.1, 0.15) is 22.8 Å². The first-order valence-electron chi connectivity index (χ1n) is 10.6. The number of hydrogen-bond donors (Lipinski definition) is 2. The van der Waals surface area contributed by atoms with Crippen LogP contribution in [0, 0.1) is 0 Å². The van der Waals surface area contributed by atoms with Gasteiger partial charge in [0.15, 0.2) is 5.65 Å². The van der Waals surface area contributed by atoms with Gasteiger partial charge in [-0.3, -0.25) is 9.59 Å². The molecule has 4 aromatic rings. The molecule has 0 radical (unpaired) electrons. The number of alkyl halides is 3. The number of rotatable bonds is 6. The van der Waals surface area contributed by atoms with Gasteiger partial charge in [-0.05, 0) is 49.4 Å². The van der Waals surface area contributed by atoms with Crippen LogP contribution in [0.4, 0.5) is 24.8 Å². The fourth-order valence-corrected chi connectivity index (χ4v) is 3.74. The molecule has 2 aromatic heterocycles. The van der Waals surface area contributed by atoms with E-state index in [0.29, 0.717) is 17.9 Å². The van der Waals surface area contributed by atoms with Crippen LogP contribution in [0.15, 0.2) is 59.5 Å². The average Bonchev–Trinajstić information content (AvgIpc) is 2.85. The number of carbonyl (C=O) groups is 1. The molecule has 0 bridgehead atoms. The van der Waals surface area contributed by atoms with Crippen molar-refractivity contribution < 1.29 is 22.8 Å². The lowest BCUT2D eigenvalue weighted by Crippen LogP contribution is -2.27. The minimum absolute atomic E-state index is 0.143. The van der Waals surface area contributed by atoms with Gasteiger partial charge >= 0.3 is 6.18 Å². The van der Waals surface area contributed by atoms with Crippen molar-refractivity contribution in [2.75, 3.05) is 24.3 Å². The van der Waals surface area contributed by atoms with E-state index >= 15 is 0 Å². The standard InChI is InChI=1S/C24H19ClF3N5O3/c1-3-29-23-30-12-14-10-18(22(35)33(36-2)20(14)32-23)17-11-16(7-8-19(17)25)31-21(34)13-5-4-6-15(9-13)24(26,27)28/h4-12H,3H2,1-2H3,(H,31,34)(H,29,30,32). The summed E-state index contributed by atoms with van der Waals surface area (Å²) in [5, 5.41) is 6.20. The highest BCUT2D eigenvalue weighted by atomic mass is 35.5. The Morgan fingerprint density at radius 3 is 2.61 bits per heavy atom. The molecule has 8 nitrogen and oxygen atoms in total. The molecule has 0 saturated heterocycles. The monoisotopic (exact) mass is 517 g/mol. The molecule has 0 aliphatic rings. The first kappa shape index (κ1) is 25.0. The van der Waals surface area contributed by atoms with Crippen LogP contribution in [-0.4, -0.2) is 34.3 Å². The van der Waals surface area contributed by atoms with Crippen molar-refractivity contribution in [1.29, 1.82) is 0 Å². The Morgan fingerprint density at radius 2 is 1.92 bits per heavy atom. The zero-order valence-corrected chi connectivity index (χ0v) is 19.7. The zero-order chi connectivity index (χ0) is 26.0. The van der Waals surface area contributed by atoms with Gasteiger partial charge in [0.1, 0.15) is 7.11 Å². The molecule has 0 fully saturated rings. The normalized spacial score (nSPS) is 11.4. The molecule has 2 heterocycles. The molecule has 186 valence electrons. The largest absolute Gasteiger partial charge is 0.416 e. The number of pyridine rings is 1. The molecular formula is C24H19ClF3N5O3. The second-order valence-corrected chi connectivity index (χ2v) is 7.98. The number of halogens is 4. The van der Waals surface area contributed by atoms with Gasteiger partial charge in [0.25, 0.3) is 11.5 Å². The average molecular weight is 518 g/mol. The lowest BCUT2D eigenvalue weighted by Gasteiger charge is -2.14. The van der Waals surface area contributed by atoms with Gasteiger partial charge in [-0.2, -0.15) is 18.2 Å². The fourth-order valence-electron chi connectivity index (χ4n) is 3.52. The molecular weight excluding hydrogens is 499 g/mol. The summed E-state index contributed by atoms with van der Waals surface area (Å²) in [6, 6.07) is 9.98. The quantitative estimate of drug-likeness (QED) is 0.378. The number of nitrogens with one attached hydrogen (secondary N) is 2. The van der Waals surface area contributed by atoms with E-state index in [2.05, 4.69) is 20.6 Å². The number of fused-ring (bicyclic) bond motifs is 1. The summed E-state index contributed by atoms with van der Waals surface area (Å²) in [5.74, 6) is -0.438. The maximum Gasteiger partial charge on any atom is 0.416 e. The van der Waals surface area contributed by atoms with Crippen LogP contribution >= 0.6 is 11.6 Å². The number of anilines is 2. The lowest BCUT2D eigenvalue weighted by molar-refractivity contribution is -0.137. The van der Waals surface area contributed by atoms with Crippen LogP contribution < -0.4 is 21.0 Å². The SMILES string of the molecule is CCNc1ncc2cc(-c3cc(NC(=O)c4cccc(C(F)(F)F)c4)ccc3Cl)c(=O)n(OC)c2n1. The third-order valence-corrected chi connectivity index (χ3v) is 5.52. The molecule has 1 amide bonds.